The summed E-state index contributed by atoms with van der Waals surface area (Å²) in [5.41, 5.74) is 5.71. The first kappa shape index (κ1) is 20.1. The number of anilines is 1. The quantitative estimate of drug-likeness (QED) is 0.600. The Hall–Kier alpha value is -2.66. The lowest BCUT2D eigenvalue weighted by molar-refractivity contribution is -0.118. The number of nitrogens with one attached hydrogen (secondary N) is 1. The van der Waals surface area contributed by atoms with Gasteiger partial charge in [-0.2, -0.15) is 0 Å². The summed E-state index contributed by atoms with van der Waals surface area (Å²) in [4.78, 5) is 16.7. The first-order chi connectivity index (χ1) is 13.2. The van der Waals surface area contributed by atoms with Crippen LogP contribution in [-0.4, -0.2) is 17.5 Å². The van der Waals surface area contributed by atoms with Gasteiger partial charge in [0.15, 0.2) is 11.7 Å². The fourth-order valence-corrected chi connectivity index (χ4v) is 3.46. The van der Waals surface area contributed by atoms with Crippen LogP contribution < -0.4 is 10.1 Å². The molecule has 1 heterocycles. The second-order valence-corrected chi connectivity index (χ2v) is 8.81. The topological polar surface area (TPSA) is 51.2 Å². The van der Waals surface area contributed by atoms with Crippen LogP contribution in [0.25, 0.3) is 11.3 Å². The zero-order valence-electron chi connectivity index (χ0n) is 17.0. The molecule has 4 nitrogen and oxygen atoms in total. The minimum absolute atomic E-state index is 0.0482. The fraction of sp³-hybridized carbons (Fsp3) is 0.304. The van der Waals surface area contributed by atoms with E-state index in [1.54, 1.807) is 0 Å². The fourth-order valence-electron chi connectivity index (χ4n) is 2.72. The number of benzene rings is 2. The van der Waals surface area contributed by atoms with Gasteiger partial charge in [-0.3, -0.25) is 10.1 Å². The second kappa shape index (κ2) is 8.15. The zero-order chi connectivity index (χ0) is 20.3. The number of amides is 1. The van der Waals surface area contributed by atoms with Gasteiger partial charge in [-0.15, -0.1) is 11.3 Å². The number of ether oxygens (including phenoxy) is 1. The van der Waals surface area contributed by atoms with Crippen LogP contribution in [0.3, 0.4) is 0 Å². The molecule has 5 heteroatoms. The van der Waals surface area contributed by atoms with E-state index in [4.69, 9.17) is 4.74 Å². The normalized spacial score (nSPS) is 11.3. The van der Waals surface area contributed by atoms with E-state index < -0.39 is 0 Å². The first-order valence-electron chi connectivity index (χ1n) is 9.29. The number of hydrogen-bond donors (Lipinski definition) is 1. The van der Waals surface area contributed by atoms with Crippen molar-refractivity contribution < 1.29 is 9.53 Å². The van der Waals surface area contributed by atoms with E-state index in [1.807, 2.05) is 35.7 Å². The lowest BCUT2D eigenvalue weighted by atomic mass is 9.87. The molecule has 0 saturated carbocycles. The van der Waals surface area contributed by atoms with Crippen LogP contribution in [-0.2, 0) is 10.2 Å². The summed E-state index contributed by atoms with van der Waals surface area (Å²) in [6.07, 6.45) is 0. The summed E-state index contributed by atoms with van der Waals surface area (Å²) in [5.74, 6) is 0.457. The molecule has 3 rings (SSSR count). The Morgan fingerprint density at radius 3 is 2.43 bits per heavy atom. The SMILES string of the molecule is Cc1ccc(-c2csc(NC(=O)COc3ccc(C(C)(C)C)cc3)n2)cc1C. The number of aromatic nitrogens is 1. The molecule has 3 aromatic rings. The standard InChI is InChI=1S/C23H26N2O2S/c1-15-6-7-17(12-16(15)2)20-14-28-22(24-20)25-21(26)13-27-19-10-8-18(9-11-19)23(3,4)5/h6-12,14H,13H2,1-5H3,(H,24,25,26). The van der Waals surface area contributed by atoms with Crippen molar-refractivity contribution in [2.75, 3.05) is 11.9 Å². The van der Waals surface area contributed by atoms with Gasteiger partial charge in [0.1, 0.15) is 5.75 Å². The highest BCUT2D eigenvalue weighted by molar-refractivity contribution is 7.14. The maximum absolute atomic E-state index is 12.2. The Labute approximate surface area is 170 Å². The number of rotatable bonds is 5. The largest absolute Gasteiger partial charge is 0.484 e. The molecule has 0 radical (unpaired) electrons. The molecule has 146 valence electrons. The van der Waals surface area contributed by atoms with E-state index in [1.165, 1.54) is 28.0 Å². The molecule has 2 aromatic carbocycles. The summed E-state index contributed by atoms with van der Waals surface area (Å²) < 4.78 is 5.59. The minimum Gasteiger partial charge on any atom is -0.484 e. The Morgan fingerprint density at radius 2 is 1.79 bits per heavy atom. The number of aryl methyl sites for hydroxylation is 2. The molecule has 0 aliphatic rings. The third kappa shape index (κ3) is 4.98. The zero-order valence-corrected chi connectivity index (χ0v) is 17.8. The smallest absolute Gasteiger partial charge is 0.264 e. The number of carbonyl (C=O) groups is 1. The van der Waals surface area contributed by atoms with Gasteiger partial charge in [-0.1, -0.05) is 45.0 Å². The van der Waals surface area contributed by atoms with Gasteiger partial charge in [0.2, 0.25) is 0 Å². The maximum Gasteiger partial charge on any atom is 0.264 e. The van der Waals surface area contributed by atoms with E-state index in [0.717, 1.165) is 11.3 Å². The van der Waals surface area contributed by atoms with Crippen molar-refractivity contribution in [1.82, 2.24) is 4.98 Å². The van der Waals surface area contributed by atoms with Gasteiger partial charge < -0.3 is 4.74 Å². The average Bonchev–Trinajstić information content (AvgIpc) is 3.10. The predicted octanol–water partition coefficient (Wildman–Crippen LogP) is 5.74. The third-order valence-corrected chi connectivity index (χ3v) is 5.40. The van der Waals surface area contributed by atoms with Gasteiger partial charge in [0.25, 0.3) is 5.91 Å². The van der Waals surface area contributed by atoms with Gasteiger partial charge in [-0.25, -0.2) is 4.98 Å². The summed E-state index contributed by atoms with van der Waals surface area (Å²) >= 11 is 1.41. The predicted molar refractivity (Wildman–Crippen MR) is 116 cm³/mol. The monoisotopic (exact) mass is 394 g/mol. The Bertz CT molecular complexity index is 969. The third-order valence-electron chi connectivity index (χ3n) is 4.64. The summed E-state index contributed by atoms with van der Waals surface area (Å²) in [5, 5.41) is 5.33. The van der Waals surface area contributed by atoms with Gasteiger partial charge in [0, 0.05) is 10.9 Å². The minimum atomic E-state index is -0.221. The van der Waals surface area contributed by atoms with Gasteiger partial charge in [0.05, 0.1) is 5.69 Å². The molecule has 0 unspecified atom stereocenters. The summed E-state index contributed by atoms with van der Waals surface area (Å²) in [7, 11) is 0. The summed E-state index contributed by atoms with van der Waals surface area (Å²) in [6.45, 7) is 10.6. The van der Waals surface area contributed by atoms with Crippen molar-refractivity contribution in [2.45, 2.75) is 40.0 Å². The lowest BCUT2D eigenvalue weighted by Gasteiger charge is -2.19. The van der Waals surface area contributed by atoms with E-state index in [2.05, 4.69) is 57.1 Å². The van der Waals surface area contributed by atoms with Crippen LogP contribution in [0.2, 0.25) is 0 Å². The second-order valence-electron chi connectivity index (χ2n) is 7.95. The first-order valence-corrected chi connectivity index (χ1v) is 10.2. The molecule has 0 fully saturated rings. The van der Waals surface area contributed by atoms with Crippen molar-refractivity contribution >= 4 is 22.4 Å². The van der Waals surface area contributed by atoms with E-state index in [-0.39, 0.29) is 17.9 Å². The molecule has 0 spiro atoms. The number of nitrogens with zero attached hydrogens (tertiary/aromatic N) is 1. The Kier molecular flexibility index (Phi) is 5.84. The highest BCUT2D eigenvalue weighted by Crippen LogP contribution is 2.27. The molecule has 0 bridgehead atoms. The van der Waals surface area contributed by atoms with Crippen LogP contribution in [0.5, 0.6) is 5.75 Å². The molecular formula is C23H26N2O2S. The Balaban J connectivity index is 1.57. The van der Waals surface area contributed by atoms with Crippen molar-refractivity contribution in [3.8, 4) is 17.0 Å². The van der Waals surface area contributed by atoms with Crippen molar-refractivity contribution in [2.24, 2.45) is 0 Å². The number of carbonyl (C=O) groups excluding carboxylic acids is 1. The molecular weight excluding hydrogens is 368 g/mol. The van der Waals surface area contributed by atoms with Crippen molar-refractivity contribution in [3.05, 3.63) is 64.5 Å². The Morgan fingerprint density at radius 1 is 1.07 bits per heavy atom. The van der Waals surface area contributed by atoms with Crippen LogP contribution in [0.15, 0.2) is 47.8 Å². The number of hydrogen-bond acceptors (Lipinski definition) is 4. The highest BCUT2D eigenvalue weighted by Gasteiger charge is 2.13. The van der Waals surface area contributed by atoms with Crippen LogP contribution in [0, 0.1) is 13.8 Å². The van der Waals surface area contributed by atoms with Crippen LogP contribution in [0.4, 0.5) is 5.13 Å². The summed E-state index contributed by atoms with van der Waals surface area (Å²) in [6, 6.07) is 14.1. The molecule has 28 heavy (non-hydrogen) atoms. The van der Waals surface area contributed by atoms with Crippen molar-refractivity contribution in [3.63, 3.8) is 0 Å². The highest BCUT2D eigenvalue weighted by atomic mass is 32.1. The van der Waals surface area contributed by atoms with E-state index in [9.17, 15) is 4.79 Å². The van der Waals surface area contributed by atoms with Gasteiger partial charge >= 0.3 is 0 Å². The lowest BCUT2D eigenvalue weighted by Crippen LogP contribution is -2.20. The average molecular weight is 395 g/mol. The number of thiazole rings is 1. The molecule has 1 N–H and O–H groups in total. The molecule has 1 amide bonds. The van der Waals surface area contributed by atoms with Gasteiger partial charge in [-0.05, 0) is 54.2 Å². The van der Waals surface area contributed by atoms with Crippen molar-refractivity contribution in [1.29, 1.82) is 0 Å². The molecule has 1 aromatic heterocycles. The molecule has 0 saturated heterocycles. The maximum atomic E-state index is 12.2. The molecule has 0 atom stereocenters. The van der Waals surface area contributed by atoms with Crippen LogP contribution in [0.1, 0.15) is 37.5 Å². The van der Waals surface area contributed by atoms with E-state index in [0.29, 0.717) is 10.9 Å². The molecule has 0 aliphatic carbocycles. The van der Waals surface area contributed by atoms with E-state index >= 15 is 0 Å². The molecule has 0 aliphatic heterocycles. The van der Waals surface area contributed by atoms with Crippen LogP contribution >= 0.6 is 11.3 Å².